The fraction of sp³-hybridized carbons (Fsp3) is 0.769. The number of ether oxygens (including phenoxy) is 1. The number of imidazole rings is 1. The van der Waals surface area contributed by atoms with Crippen LogP contribution in [0.1, 0.15) is 50.0 Å². The van der Waals surface area contributed by atoms with Crippen LogP contribution < -0.4 is 5.32 Å². The molecule has 0 aromatic carbocycles. The third kappa shape index (κ3) is 2.11. The predicted molar refractivity (Wildman–Crippen MR) is 66.0 cm³/mol. The minimum Gasteiger partial charge on any atom is -0.369 e. The van der Waals surface area contributed by atoms with E-state index in [1.807, 2.05) is 6.20 Å². The molecule has 0 radical (unpaired) electrons. The monoisotopic (exact) mass is 235 g/mol. The number of nitrogens with one attached hydrogen (secondary N) is 2. The van der Waals surface area contributed by atoms with Gasteiger partial charge in [0, 0.05) is 19.1 Å². The molecule has 0 saturated carbocycles. The Balaban J connectivity index is 1.77. The lowest BCUT2D eigenvalue weighted by Crippen LogP contribution is -2.29. The molecule has 0 bridgehead atoms. The highest BCUT2D eigenvalue weighted by atomic mass is 16.5. The van der Waals surface area contributed by atoms with Gasteiger partial charge < -0.3 is 15.0 Å². The van der Waals surface area contributed by atoms with Crippen LogP contribution in [0.25, 0.3) is 0 Å². The van der Waals surface area contributed by atoms with Crippen molar-refractivity contribution in [1.29, 1.82) is 0 Å². The molecule has 0 aliphatic carbocycles. The van der Waals surface area contributed by atoms with E-state index in [2.05, 4.69) is 22.2 Å². The second-order valence-corrected chi connectivity index (χ2v) is 5.41. The summed E-state index contributed by atoms with van der Waals surface area (Å²) in [6, 6.07) is 0. The molecule has 2 saturated heterocycles. The van der Waals surface area contributed by atoms with Crippen molar-refractivity contribution in [3.8, 4) is 0 Å². The van der Waals surface area contributed by atoms with E-state index in [0.717, 1.165) is 44.1 Å². The van der Waals surface area contributed by atoms with Crippen molar-refractivity contribution in [2.75, 3.05) is 19.7 Å². The molecule has 4 nitrogen and oxygen atoms in total. The van der Waals surface area contributed by atoms with Gasteiger partial charge in [-0.15, -0.1) is 0 Å². The molecule has 2 unspecified atom stereocenters. The number of H-pyrrole nitrogens is 1. The maximum Gasteiger partial charge on any atom is 0.110 e. The Morgan fingerprint density at radius 3 is 3.12 bits per heavy atom. The zero-order valence-electron chi connectivity index (χ0n) is 10.5. The van der Waals surface area contributed by atoms with Crippen LogP contribution in [0.3, 0.4) is 0 Å². The summed E-state index contributed by atoms with van der Waals surface area (Å²) in [6.45, 7) is 5.22. The Kier molecular flexibility index (Phi) is 2.92. The van der Waals surface area contributed by atoms with Crippen molar-refractivity contribution in [3.63, 3.8) is 0 Å². The van der Waals surface area contributed by atoms with Crippen LogP contribution in [0, 0.1) is 0 Å². The molecule has 3 heterocycles. The van der Waals surface area contributed by atoms with Gasteiger partial charge in [-0.05, 0) is 39.2 Å². The molecule has 1 aromatic rings. The van der Waals surface area contributed by atoms with E-state index in [-0.39, 0.29) is 5.60 Å². The molecule has 0 amide bonds. The third-order valence-electron chi connectivity index (χ3n) is 4.07. The first-order chi connectivity index (χ1) is 8.28. The van der Waals surface area contributed by atoms with Crippen LogP contribution in [0.15, 0.2) is 6.20 Å². The minimum absolute atomic E-state index is 0.132. The summed E-state index contributed by atoms with van der Waals surface area (Å²) in [6.07, 6.45) is 6.69. The molecule has 94 valence electrons. The van der Waals surface area contributed by atoms with Gasteiger partial charge in [0.25, 0.3) is 0 Å². The zero-order chi connectivity index (χ0) is 11.7. The van der Waals surface area contributed by atoms with Crippen molar-refractivity contribution in [2.45, 2.75) is 44.1 Å². The first-order valence-electron chi connectivity index (χ1n) is 6.68. The second kappa shape index (κ2) is 4.42. The van der Waals surface area contributed by atoms with Gasteiger partial charge in [0.1, 0.15) is 11.4 Å². The summed E-state index contributed by atoms with van der Waals surface area (Å²) in [5.41, 5.74) is 1.02. The smallest absolute Gasteiger partial charge is 0.110 e. The Morgan fingerprint density at radius 1 is 1.47 bits per heavy atom. The molecule has 4 heteroatoms. The van der Waals surface area contributed by atoms with Crippen LogP contribution in [0.4, 0.5) is 0 Å². The lowest BCUT2D eigenvalue weighted by Gasteiger charge is -2.23. The largest absolute Gasteiger partial charge is 0.369 e. The molecule has 2 N–H and O–H groups in total. The molecule has 2 atom stereocenters. The van der Waals surface area contributed by atoms with Crippen molar-refractivity contribution in [1.82, 2.24) is 15.3 Å². The number of rotatable bonds is 2. The number of aromatic nitrogens is 2. The van der Waals surface area contributed by atoms with Gasteiger partial charge in [-0.1, -0.05) is 0 Å². The first-order valence-corrected chi connectivity index (χ1v) is 6.68. The third-order valence-corrected chi connectivity index (χ3v) is 4.07. The molecule has 2 aliphatic rings. The van der Waals surface area contributed by atoms with Gasteiger partial charge in [-0.3, -0.25) is 0 Å². The highest BCUT2D eigenvalue weighted by Gasteiger charge is 2.34. The van der Waals surface area contributed by atoms with Crippen LogP contribution >= 0.6 is 0 Å². The van der Waals surface area contributed by atoms with E-state index >= 15 is 0 Å². The van der Waals surface area contributed by atoms with Gasteiger partial charge in [0.2, 0.25) is 0 Å². The highest BCUT2D eigenvalue weighted by molar-refractivity contribution is 5.14. The highest BCUT2D eigenvalue weighted by Crippen LogP contribution is 2.35. The average molecular weight is 235 g/mol. The zero-order valence-corrected chi connectivity index (χ0v) is 10.5. The number of hydrogen-bond acceptors (Lipinski definition) is 3. The summed E-state index contributed by atoms with van der Waals surface area (Å²) in [4.78, 5) is 8.04. The van der Waals surface area contributed by atoms with E-state index < -0.39 is 0 Å². The minimum atomic E-state index is -0.132. The predicted octanol–water partition coefficient (Wildman–Crippen LogP) is 1.90. The summed E-state index contributed by atoms with van der Waals surface area (Å²) in [5.74, 6) is 1.67. The van der Waals surface area contributed by atoms with Crippen LogP contribution in [0.2, 0.25) is 0 Å². The quantitative estimate of drug-likeness (QED) is 0.823. The second-order valence-electron chi connectivity index (χ2n) is 5.41. The summed E-state index contributed by atoms with van der Waals surface area (Å²) < 4.78 is 5.84. The molecule has 1 aromatic heterocycles. The Labute approximate surface area is 102 Å². The van der Waals surface area contributed by atoms with Crippen molar-refractivity contribution < 1.29 is 4.74 Å². The molecular weight excluding hydrogens is 214 g/mol. The Hall–Kier alpha value is -0.870. The van der Waals surface area contributed by atoms with Gasteiger partial charge in [0.15, 0.2) is 0 Å². The molecule has 3 rings (SSSR count). The number of aromatic amines is 1. The number of hydrogen-bond donors (Lipinski definition) is 2. The fourth-order valence-corrected chi connectivity index (χ4v) is 2.89. The summed E-state index contributed by atoms with van der Waals surface area (Å²) >= 11 is 0. The van der Waals surface area contributed by atoms with Gasteiger partial charge in [-0.25, -0.2) is 4.98 Å². The number of nitrogens with zero attached hydrogens (tertiary/aromatic N) is 1. The fourth-order valence-electron chi connectivity index (χ4n) is 2.89. The van der Waals surface area contributed by atoms with Gasteiger partial charge in [0.05, 0.1) is 11.9 Å². The lowest BCUT2D eigenvalue weighted by molar-refractivity contribution is 0.0134. The first kappa shape index (κ1) is 11.2. The molecule has 2 aliphatic heterocycles. The van der Waals surface area contributed by atoms with E-state index in [4.69, 9.17) is 4.74 Å². The summed E-state index contributed by atoms with van der Waals surface area (Å²) in [5, 5.41) is 3.43. The molecular formula is C13H21N3O. The van der Waals surface area contributed by atoms with Crippen molar-refractivity contribution in [3.05, 3.63) is 17.7 Å². The maximum absolute atomic E-state index is 5.84. The lowest BCUT2D eigenvalue weighted by atomic mass is 9.98. The van der Waals surface area contributed by atoms with Crippen molar-refractivity contribution in [2.24, 2.45) is 0 Å². The van der Waals surface area contributed by atoms with E-state index in [1.165, 1.54) is 12.8 Å². The van der Waals surface area contributed by atoms with Crippen LogP contribution in [-0.4, -0.2) is 29.7 Å². The maximum atomic E-state index is 5.84. The molecule has 0 spiro atoms. The Morgan fingerprint density at radius 2 is 2.41 bits per heavy atom. The van der Waals surface area contributed by atoms with Gasteiger partial charge in [-0.2, -0.15) is 0 Å². The van der Waals surface area contributed by atoms with Gasteiger partial charge >= 0.3 is 0 Å². The Bertz CT molecular complexity index is 376. The molecule has 17 heavy (non-hydrogen) atoms. The normalized spacial score (nSPS) is 34.1. The summed E-state index contributed by atoms with van der Waals surface area (Å²) in [7, 11) is 0. The van der Waals surface area contributed by atoms with E-state index in [9.17, 15) is 0 Å². The van der Waals surface area contributed by atoms with E-state index in [0.29, 0.717) is 5.92 Å². The topological polar surface area (TPSA) is 49.9 Å². The van der Waals surface area contributed by atoms with E-state index in [1.54, 1.807) is 0 Å². The number of piperidine rings is 1. The van der Waals surface area contributed by atoms with Crippen LogP contribution in [0.5, 0.6) is 0 Å². The van der Waals surface area contributed by atoms with Crippen LogP contribution in [-0.2, 0) is 10.3 Å². The molecule has 2 fully saturated rings. The standard InChI is InChI=1S/C13H21N3O/c1-13(5-3-7-17-13)11-9-15-12(16-11)10-4-2-6-14-8-10/h9-10,14H,2-8H2,1H3,(H,15,16). The SMILES string of the molecule is CC1(c2cnc(C3CCCNC3)[nH]2)CCCO1. The average Bonchev–Trinajstić information content (AvgIpc) is 2.99. The van der Waals surface area contributed by atoms with Crippen molar-refractivity contribution >= 4 is 0 Å².